The van der Waals surface area contributed by atoms with Gasteiger partial charge in [-0.05, 0) is 36.0 Å². The number of anilines is 1. The predicted octanol–water partition coefficient (Wildman–Crippen LogP) is 3.38. The number of hydrogen-bond acceptors (Lipinski definition) is 2. The number of benzene rings is 1. The SMILES string of the molecule is CC(C)CCNC(=O)CNc1cccc(C(C)C)c1. The molecule has 0 aliphatic carbocycles. The van der Waals surface area contributed by atoms with E-state index in [0.29, 0.717) is 18.4 Å². The molecule has 0 fully saturated rings. The molecule has 0 unspecified atom stereocenters. The van der Waals surface area contributed by atoms with Gasteiger partial charge in [-0.15, -0.1) is 0 Å². The summed E-state index contributed by atoms with van der Waals surface area (Å²) in [6, 6.07) is 8.23. The van der Waals surface area contributed by atoms with E-state index in [-0.39, 0.29) is 5.91 Å². The Morgan fingerprint density at radius 1 is 1.21 bits per heavy atom. The van der Waals surface area contributed by atoms with Gasteiger partial charge in [-0.3, -0.25) is 4.79 Å². The van der Waals surface area contributed by atoms with Crippen LogP contribution in [0, 0.1) is 5.92 Å². The Morgan fingerprint density at radius 3 is 2.58 bits per heavy atom. The van der Waals surface area contributed by atoms with Gasteiger partial charge in [0, 0.05) is 12.2 Å². The molecule has 1 aromatic carbocycles. The number of carbonyl (C=O) groups is 1. The van der Waals surface area contributed by atoms with Crippen molar-refractivity contribution in [2.45, 2.75) is 40.0 Å². The van der Waals surface area contributed by atoms with E-state index in [9.17, 15) is 4.79 Å². The van der Waals surface area contributed by atoms with Crippen LogP contribution in [0.2, 0.25) is 0 Å². The van der Waals surface area contributed by atoms with E-state index >= 15 is 0 Å². The molecular formula is C16H26N2O. The fourth-order valence-electron chi connectivity index (χ4n) is 1.75. The quantitative estimate of drug-likeness (QED) is 0.791. The second-order valence-electron chi connectivity index (χ2n) is 5.67. The molecule has 0 spiro atoms. The molecule has 2 N–H and O–H groups in total. The molecule has 0 aliphatic rings. The minimum Gasteiger partial charge on any atom is -0.376 e. The first-order chi connectivity index (χ1) is 8.99. The first-order valence-electron chi connectivity index (χ1n) is 7.09. The molecule has 1 aromatic rings. The predicted molar refractivity (Wildman–Crippen MR) is 81.5 cm³/mol. The van der Waals surface area contributed by atoms with Crippen molar-refractivity contribution < 1.29 is 4.79 Å². The Morgan fingerprint density at radius 2 is 1.95 bits per heavy atom. The summed E-state index contributed by atoms with van der Waals surface area (Å²) in [5.41, 5.74) is 2.29. The van der Waals surface area contributed by atoms with Gasteiger partial charge in [0.2, 0.25) is 5.91 Å². The Labute approximate surface area is 116 Å². The van der Waals surface area contributed by atoms with Crippen molar-refractivity contribution in [1.29, 1.82) is 0 Å². The summed E-state index contributed by atoms with van der Waals surface area (Å²) in [6.07, 6.45) is 1.02. The summed E-state index contributed by atoms with van der Waals surface area (Å²) in [7, 11) is 0. The Balaban J connectivity index is 2.35. The highest BCUT2D eigenvalue weighted by molar-refractivity contribution is 5.80. The lowest BCUT2D eigenvalue weighted by atomic mass is 10.0. The molecule has 0 heterocycles. The van der Waals surface area contributed by atoms with Crippen LogP contribution in [0.4, 0.5) is 5.69 Å². The molecule has 0 aliphatic heterocycles. The van der Waals surface area contributed by atoms with Gasteiger partial charge >= 0.3 is 0 Å². The highest BCUT2D eigenvalue weighted by Gasteiger charge is 2.03. The minimum atomic E-state index is 0.0515. The topological polar surface area (TPSA) is 41.1 Å². The average molecular weight is 262 g/mol. The van der Waals surface area contributed by atoms with Gasteiger partial charge in [0.1, 0.15) is 0 Å². The van der Waals surface area contributed by atoms with E-state index in [2.05, 4.69) is 50.5 Å². The number of hydrogen-bond donors (Lipinski definition) is 2. The molecule has 0 saturated heterocycles. The monoisotopic (exact) mass is 262 g/mol. The van der Waals surface area contributed by atoms with Crippen LogP contribution in [-0.2, 0) is 4.79 Å². The van der Waals surface area contributed by atoms with E-state index in [1.165, 1.54) is 5.56 Å². The van der Waals surface area contributed by atoms with Crippen LogP contribution in [0.15, 0.2) is 24.3 Å². The van der Waals surface area contributed by atoms with Crippen molar-refractivity contribution in [3.63, 3.8) is 0 Å². The molecule has 0 bridgehead atoms. The van der Waals surface area contributed by atoms with Gasteiger partial charge in [0.05, 0.1) is 6.54 Å². The molecule has 0 atom stereocenters. The van der Waals surface area contributed by atoms with Gasteiger partial charge in [-0.2, -0.15) is 0 Å². The molecule has 3 heteroatoms. The van der Waals surface area contributed by atoms with Crippen molar-refractivity contribution in [2.75, 3.05) is 18.4 Å². The van der Waals surface area contributed by atoms with Gasteiger partial charge < -0.3 is 10.6 Å². The zero-order valence-electron chi connectivity index (χ0n) is 12.5. The Bertz CT molecular complexity index is 399. The minimum absolute atomic E-state index is 0.0515. The highest BCUT2D eigenvalue weighted by atomic mass is 16.1. The van der Waals surface area contributed by atoms with Gasteiger partial charge in [0.15, 0.2) is 0 Å². The van der Waals surface area contributed by atoms with Crippen LogP contribution in [0.1, 0.15) is 45.6 Å². The van der Waals surface area contributed by atoms with Crippen LogP contribution in [0.25, 0.3) is 0 Å². The summed E-state index contributed by atoms with van der Waals surface area (Å²) in [4.78, 5) is 11.6. The van der Waals surface area contributed by atoms with Crippen molar-refractivity contribution in [2.24, 2.45) is 5.92 Å². The van der Waals surface area contributed by atoms with Crippen LogP contribution in [-0.4, -0.2) is 19.0 Å². The van der Waals surface area contributed by atoms with E-state index < -0.39 is 0 Å². The molecule has 19 heavy (non-hydrogen) atoms. The van der Waals surface area contributed by atoms with Crippen LogP contribution < -0.4 is 10.6 Å². The van der Waals surface area contributed by atoms with Crippen molar-refractivity contribution in [3.8, 4) is 0 Å². The molecule has 0 aromatic heterocycles. The molecular weight excluding hydrogens is 236 g/mol. The number of amides is 1. The summed E-state index contributed by atoms with van der Waals surface area (Å²) >= 11 is 0. The number of nitrogens with one attached hydrogen (secondary N) is 2. The van der Waals surface area contributed by atoms with E-state index in [1.807, 2.05) is 12.1 Å². The summed E-state index contributed by atoms with van der Waals surface area (Å²) in [5, 5.41) is 6.09. The van der Waals surface area contributed by atoms with Crippen LogP contribution in [0.5, 0.6) is 0 Å². The second kappa shape index (κ2) is 7.82. The summed E-state index contributed by atoms with van der Waals surface area (Å²) < 4.78 is 0. The zero-order valence-corrected chi connectivity index (χ0v) is 12.5. The van der Waals surface area contributed by atoms with E-state index in [0.717, 1.165) is 18.7 Å². The smallest absolute Gasteiger partial charge is 0.239 e. The summed E-state index contributed by atoms with van der Waals surface area (Å²) in [6.45, 7) is 9.73. The third-order valence-electron chi connectivity index (χ3n) is 3.05. The molecule has 0 radical (unpaired) electrons. The normalized spacial score (nSPS) is 10.8. The van der Waals surface area contributed by atoms with Crippen molar-refractivity contribution in [1.82, 2.24) is 5.32 Å². The lowest BCUT2D eigenvalue weighted by molar-refractivity contribution is -0.119. The molecule has 1 amide bonds. The van der Waals surface area contributed by atoms with E-state index in [4.69, 9.17) is 0 Å². The Kier molecular flexibility index (Phi) is 6.40. The number of rotatable bonds is 7. The van der Waals surface area contributed by atoms with Crippen molar-refractivity contribution >= 4 is 11.6 Å². The fourth-order valence-corrected chi connectivity index (χ4v) is 1.75. The first kappa shape index (κ1) is 15.5. The second-order valence-corrected chi connectivity index (χ2v) is 5.67. The third kappa shape index (κ3) is 6.27. The third-order valence-corrected chi connectivity index (χ3v) is 3.05. The van der Waals surface area contributed by atoms with Crippen molar-refractivity contribution in [3.05, 3.63) is 29.8 Å². The van der Waals surface area contributed by atoms with Gasteiger partial charge in [-0.25, -0.2) is 0 Å². The largest absolute Gasteiger partial charge is 0.376 e. The summed E-state index contributed by atoms with van der Waals surface area (Å²) in [5.74, 6) is 1.17. The number of carbonyl (C=O) groups excluding carboxylic acids is 1. The lowest BCUT2D eigenvalue weighted by Gasteiger charge is -2.11. The maximum absolute atomic E-state index is 11.6. The molecule has 0 saturated carbocycles. The Hall–Kier alpha value is -1.51. The highest BCUT2D eigenvalue weighted by Crippen LogP contribution is 2.18. The maximum Gasteiger partial charge on any atom is 0.239 e. The standard InChI is InChI=1S/C16H26N2O/c1-12(2)8-9-17-16(19)11-18-15-7-5-6-14(10-15)13(3)4/h5-7,10,12-13,18H,8-9,11H2,1-4H3,(H,17,19). The van der Waals surface area contributed by atoms with Crippen LogP contribution in [0.3, 0.4) is 0 Å². The van der Waals surface area contributed by atoms with E-state index in [1.54, 1.807) is 0 Å². The lowest BCUT2D eigenvalue weighted by Crippen LogP contribution is -2.31. The molecule has 1 rings (SSSR count). The van der Waals surface area contributed by atoms with Gasteiger partial charge in [0.25, 0.3) is 0 Å². The average Bonchev–Trinajstić information content (AvgIpc) is 2.36. The maximum atomic E-state index is 11.6. The fraction of sp³-hybridized carbons (Fsp3) is 0.562. The molecule has 106 valence electrons. The first-order valence-corrected chi connectivity index (χ1v) is 7.09. The zero-order chi connectivity index (χ0) is 14.3. The molecule has 3 nitrogen and oxygen atoms in total. The van der Waals surface area contributed by atoms with Crippen LogP contribution >= 0.6 is 0 Å². The van der Waals surface area contributed by atoms with Gasteiger partial charge in [-0.1, -0.05) is 39.8 Å².